The van der Waals surface area contributed by atoms with Crippen molar-refractivity contribution in [3.05, 3.63) is 17.5 Å². The van der Waals surface area contributed by atoms with E-state index in [-0.39, 0.29) is 11.8 Å². The van der Waals surface area contributed by atoms with E-state index in [9.17, 15) is 4.79 Å². The number of amides is 1. The van der Waals surface area contributed by atoms with Crippen molar-refractivity contribution in [3.63, 3.8) is 0 Å². The zero-order valence-corrected chi connectivity index (χ0v) is 14.1. The second-order valence-corrected chi connectivity index (χ2v) is 7.24. The zero-order chi connectivity index (χ0) is 15.9. The molecule has 22 heavy (non-hydrogen) atoms. The van der Waals surface area contributed by atoms with Crippen LogP contribution in [0.4, 0.5) is 0 Å². The first-order chi connectivity index (χ1) is 10.5. The van der Waals surface area contributed by atoms with E-state index in [2.05, 4.69) is 37.8 Å². The van der Waals surface area contributed by atoms with Crippen LogP contribution in [0.1, 0.15) is 69.1 Å². The van der Waals surface area contributed by atoms with Gasteiger partial charge in [-0.15, -0.1) is 0 Å². The number of aromatic nitrogens is 1. The maximum atomic E-state index is 12.7. The molecule has 5 nitrogen and oxygen atoms in total. The van der Waals surface area contributed by atoms with Crippen LogP contribution < -0.4 is 0 Å². The monoisotopic (exact) mass is 305 g/mol. The highest BCUT2D eigenvalue weighted by Gasteiger charge is 2.40. The van der Waals surface area contributed by atoms with Crippen LogP contribution in [-0.4, -0.2) is 52.1 Å². The van der Waals surface area contributed by atoms with E-state index in [1.54, 1.807) is 6.07 Å². The third kappa shape index (κ3) is 2.78. The Morgan fingerprint density at radius 3 is 2.59 bits per heavy atom. The van der Waals surface area contributed by atoms with E-state index < -0.39 is 0 Å². The molecule has 2 unspecified atom stereocenters. The lowest BCUT2D eigenvalue weighted by molar-refractivity contribution is 0.0687. The summed E-state index contributed by atoms with van der Waals surface area (Å²) in [6.45, 7) is 10.3. The van der Waals surface area contributed by atoms with Crippen molar-refractivity contribution < 1.29 is 9.32 Å². The van der Waals surface area contributed by atoms with Crippen LogP contribution in [0.25, 0.3) is 0 Å². The lowest BCUT2D eigenvalue weighted by Gasteiger charge is -2.32. The van der Waals surface area contributed by atoms with Gasteiger partial charge >= 0.3 is 0 Å². The molecule has 2 bridgehead atoms. The predicted octanol–water partition coefficient (Wildman–Crippen LogP) is 2.89. The Labute approximate surface area is 132 Å². The summed E-state index contributed by atoms with van der Waals surface area (Å²) in [5.74, 6) is 0.662. The molecule has 2 aliphatic heterocycles. The number of hydrogen-bond acceptors (Lipinski definition) is 4. The van der Waals surface area contributed by atoms with E-state index in [1.165, 1.54) is 12.8 Å². The van der Waals surface area contributed by atoms with Gasteiger partial charge in [-0.05, 0) is 39.0 Å². The molecule has 2 saturated heterocycles. The molecule has 0 radical (unpaired) electrons. The van der Waals surface area contributed by atoms with Crippen LogP contribution >= 0.6 is 0 Å². The summed E-state index contributed by atoms with van der Waals surface area (Å²) in [5, 5.41) is 4.01. The summed E-state index contributed by atoms with van der Waals surface area (Å²) in [7, 11) is 0. The van der Waals surface area contributed by atoms with Crippen LogP contribution in [-0.2, 0) is 0 Å². The molecule has 1 amide bonds. The van der Waals surface area contributed by atoms with Gasteiger partial charge in [0, 0.05) is 37.3 Å². The third-order valence-corrected chi connectivity index (χ3v) is 5.05. The van der Waals surface area contributed by atoms with E-state index in [4.69, 9.17) is 4.52 Å². The maximum Gasteiger partial charge on any atom is 0.292 e. The Kier molecular flexibility index (Phi) is 4.26. The van der Waals surface area contributed by atoms with Gasteiger partial charge in [0.05, 0.1) is 5.69 Å². The van der Waals surface area contributed by atoms with Gasteiger partial charge < -0.3 is 9.42 Å². The van der Waals surface area contributed by atoms with Crippen molar-refractivity contribution in [1.29, 1.82) is 0 Å². The molecule has 2 aliphatic rings. The fraction of sp³-hybridized carbons (Fsp3) is 0.765. The molecule has 2 atom stereocenters. The number of carbonyl (C=O) groups excluding carboxylic acids is 1. The fourth-order valence-electron chi connectivity index (χ4n) is 3.96. The van der Waals surface area contributed by atoms with Gasteiger partial charge in [-0.3, -0.25) is 9.69 Å². The van der Waals surface area contributed by atoms with E-state index in [1.807, 2.05) is 4.90 Å². The average molecular weight is 305 g/mol. The molecule has 2 fully saturated rings. The summed E-state index contributed by atoms with van der Waals surface area (Å²) in [6.07, 6.45) is 3.52. The number of carbonyl (C=O) groups is 1. The molecule has 3 rings (SSSR count). The largest absolute Gasteiger partial charge is 0.351 e. The van der Waals surface area contributed by atoms with Gasteiger partial charge in [-0.2, -0.15) is 0 Å². The summed E-state index contributed by atoms with van der Waals surface area (Å²) in [5.41, 5.74) is 0.850. The van der Waals surface area contributed by atoms with Crippen molar-refractivity contribution in [2.24, 2.45) is 0 Å². The highest BCUT2D eigenvalue weighted by molar-refractivity contribution is 5.91. The van der Waals surface area contributed by atoms with Crippen molar-refractivity contribution in [2.45, 2.75) is 71.0 Å². The van der Waals surface area contributed by atoms with E-state index in [0.717, 1.165) is 25.2 Å². The first-order valence-electron chi connectivity index (χ1n) is 8.50. The molecular formula is C17H27N3O2. The number of hydrogen-bond donors (Lipinski definition) is 0. The summed E-state index contributed by atoms with van der Waals surface area (Å²) < 4.78 is 5.28. The standard InChI is InChI=1S/C17H27N3O2/c1-11(2)15-9-16(22-18-15)17(21)19-8-7-13-5-6-14(10-19)20(13)12(3)4/h9,11-14H,5-8,10H2,1-4H3. The Hall–Kier alpha value is -1.36. The summed E-state index contributed by atoms with van der Waals surface area (Å²) >= 11 is 0. The molecule has 1 aromatic heterocycles. The molecule has 0 N–H and O–H groups in total. The SMILES string of the molecule is CC(C)c1cc(C(=O)N2CCC3CCC(C2)N3C(C)C)on1. The van der Waals surface area contributed by atoms with Crippen molar-refractivity contribution in [2.75, 3.05) is 13.1 Å². The van der Waals surface area contributed by atoms with Gasteiger partial charge in [0.1, 0.15) is 0 Å². The minimum absolute atomic E-state index is 0.00402. The number of nitrogens with zero attached hydrogens (tertiary/aromatic N) is 3. The Balaban J connectivity index is 1.74. The minimum Gasteiger partial charge on any atom is -0.351 e. The lowest BCUT2D eigenvalue weighted by Crippen LogP contribution is -2.44. The normalized spacial score (nSPS) is 26.0. The zero-order valence-electron chi connectivity index (χ0n) is 14.1. The lowest BCUT2D eigenvalue weighted by atomic mass is 10.1. The van der Waals surface area contributed by atoms with Gasteiger partial charge in [0.15, 0.2) is 0 Å². The second kappa shape index (κ2) is 6.03. The molecule has 1 aromatic rings. The Morgan fingerprint density at radius 2 is 1.95 bits per heavy atom. The molecular weight excluding hydrogens is 278 g/mol. The third-order valence-electron chi connectivity index (χ3n) is 5.05. The summed E-state index contributed by atoms with van der Waals surface area (Å²) in [4.78, 5) is 17.3. The second-order valence-electron chi connectivity index (χ2n) is 7.24. The number of likely N-dealkylation sites (tertiary alicyclic amines) is 1. The highest BCUT2D eigenvalue weighted by Crippen LogP contribution is 2.32. The van der Waals surface area contributed by atoms with Crippen LogP contribution in [0.5, 0.6) is 0 Å². The molecule has 0 saturated carbocycles. The molecule has 3 heterocycles. The quantitative estimate of drug-likeness (QED) is 0.861. The van der Waals surface area contributed by atoms with Crippen LogP contribution in [0.15, 0.2) is 10.6 Å². The number of fused-ring (bicyclic) bond motifs is 2. The topological polar surface area (TPSA) is 49.6 Å². The van der Waals surface area contributed by atoms with Crippen LogP contribution in [0, 0.1) is 0 Å². The first kappa shape index (κ1) is 15.5. The Morgan fingerprint density at radius 1 is 1.23 bits per heavy atom. The van der Waals surface area contributed by atoms with Crippen molar-refractivity contribution in [1.82, 2.24) is 15.0 Å². The maximum absolute atomic E-state index is 12.7. The van der Waals surface area contributed by atoms with E-state index in [0.29, 0.717) is 23.9 Å². The molecule has 0 aromatic carbocycles. The van der Waals surface area contributed by atoms with Crippen LogP contribution in [0.3, 0.4) is 0 Å². The smallest absolute Gasteiger partial charge is 0.292 e. The van der Waals surface area contributed by atoms with Crippen molar-refractivity contribution in [3.8, 4) is 0 Å². The van der Waals surface area contributed by atoms with Gasteiger partial charge in [-0.25, -0.2) is 0 Å². The summed E-state index contributed by atoms with van der Waals surface area (Å²) in [6, 6.07) is 3.47. The molecule has 5 heteroatoms. The molecule has 0 aliphatic carbocycles. The van der Waals surface area contributed by atoms with Crippen LogP contribution in [0.2, 0.25) is 0 Å². The predicted molar refractivity (Wildman–Crippen MR) is 84.9 cm³/mol. The average Bonchev–Trinajstić information content (AvgIpc) is 3.02. The molecule has 0 spiro atoms. The Bertz CT molecular complexity index is 538. The van der Waals surface area contributed by atoms with E-state index >= 15 is 0 Å². The van der Waals surface area contributed by atoms with Gasteiger partial charge in [-0.1, -0.05) is 19.0 Å². The first-order valence-corrected chi connectivity index (χ1v) is 8.50. The van der Waals surface area contributed by atoms with Gasteiger partial charge in [0.2, 0.25) is 5.76 Å². The fourth-order valence-corrected chi connectivity index (χ4v) is 3.96. The highest BCUT2D eigenvalue weighted by atomic mass is 16.5. The number of rotatable bonds is 3. The van der Waals surface area contributed by atoms with Gasteiger partial charge in [0.25, 0.3) is 5.91 Å². The minimum atomic E-state index is -0.00402. The molecule has 122 valence electrons. The van der Waals surface area contributed by atoms with Crippen molar-refractivity contribution >= 4 is 5.91 Å².